The zero-order valence-electron chi connectivity index (χ0n) is 10.5. The van der Waals surface area contributed by atoms with Crippen LogP contribution in [0.3, 0.4) is 0 Å². The van der Waals surface area contributed by atoms with Gasteiger partial charge < -0.3 is 14.4 Å². The zero-order chi connectivity index (χ0) is 12.6. The van der Waals surface area contributed by atoms with Crippen molar-refractivity contribution in [3.05, 3.63) is 0 Å². The minimum absolute atomic E-state index is 0.196. The highest BCUT2D eigenvalue weighted by Crippen LogP contribution is 2.03. The van der Waals surface area contributed by atoms with E-state index < -0.39 is 0 Å². The van der Waals surface area contributed by atoms with Gasteiger partial charge in [-0.15, -0.1) is 0 Å². The number of rotatable bonds is 6. The molecule has 0 bridgehead atoms. The van der Waals surface area contributed by atoms with Crippen LogP contribution in [0.4, 0.5) is 4.79 Å². The van der Waals surface area contributed by atoms with E-state index in [1.165, 1.54) is 12.0 Å². The molecule has 16 heavy (non-hydrogen) atoms. The molecule has 0 saturated carbocycles. The first-order chi connectivity index (χ1) is 7.51. The van der Waals surface area contributed by atoms with E-state index in [2.05, 4.69) is 4.74 Å². The van der Waals surface area contributed by atoms with Crippen LogP contribution >= 0.6 is 0 Å². The van der Waals surface area contributed by atoms with Gasteiger partial charge in [0.1, 0.15) is 0 Å². The van der Waals surface area contributed by atoms with Gasteiger partial charge in [-0.25, -0.2) is 4.79 Å². The van der Waals surface area contributed by atoms with E-state index in [-0.39, 0.29) is 18.5 Å². The minimum Gasteiger partial charge on any atom is -0.469 e. The van der Waals surface area contributed by atoms with E-state index in [1.807, 2.05) is 13.8 Å². The Hall–Kier alpha value is -1.26. The van der Waals surface area contributed by atoms with Gasteiger partial charge in [-0.3, -0.25) is 4.79 Å². The minimum atomic E-state index is -0.375. The van der Waals surface area contributed by atoms with Crippen molar-refractivity contribution in [3.63, 3.8) is 0 Å². The third-order valence-electron chi connectivity index (χ3n) is 1.93. The van der Waals surface area contributed by atoms with Crippen molar-refractivity contribution < 1.29 is 19.1 Å². The van der Waals surface area contributed by atoms with Crippen molar-refractivity contribution in [1.29, 1.82) is 0 Å². The Kier molecular flexibility index (Phi) is 7.33. The maximum Gasteiger partial charge on any atom is 0.409 e. The van der Waals surface area contributed by atoms with Crippen LogP contribution < -0.4 is 0 Å². The SMILES string of the molecule is CCOC(=O)N(CCC(=O)OC)CC(C)C. The Labute approximate surface area is 96.7 Å². The second kappa shape index (κ2) is 7.96. The van der Waals surface area contributed by atoms with E-state index in [4.69, 9.17) is 4.74 Å². The summed E-state index contributed by atoms with van der Waals surface area (Å²) in [6.07, 6.45) is -0.178. The fourth-order valence-electron chi connectivity index (χ4n) is 1.24. The molecule has 0 aromatic rings. The Bertz CT molecular complexity index is 228. The van der Waals surface area contributed by atoms with Crippen LogP contribution in [0.2, 0.25) is 0 Å². The molecule has 0 saturated heterocycles. The van der Waals surface area contributed by atoms with E-state index in [9.17, 15) is 9.59 Å². The number of hydrogen-bond acceptors (Lipinski definition) is 4. The van der Waals surface area contributed by atoms with Gasteiger partial charge in [0, 0.05) is 13.1 Å². The topological polar surface area (TPSA) is 55.8 Å². The van der Waals surface area contributed by atoms with Crippen LogP contribution in [-0.2, 0) is 14.3 Å². The van der Waals surface area contributed by atoms with Crippen molar-refractivity contribution in [1.82, 2.24) is 4.90 Å². The normalized spacial score (nSPS) is 10.1. The molecule has 0 unspecified atom stereocenters. The van der Waals surface area contributed by atoms with Gasteiger partial charge in [0.2, 0.25) is 0 Å². The summed E-state index contributed by atoms with van der Waals surface area (Å²) in [4.78, 5) is 24.0. The van der Waals surface area contributed by atoms with Gasteiger partial charge in [0.25, 0.3) is 0 Å². The summed E-state index contributed by atoms with van der Waals surface area (Å²) in [5.41, 5.74) is 0. The molecule has 0 heterocycles. The van der Waals surface area contributed by atoms with Crippen LogP contribution in [-0.4, -0.2) is 43.8 Å². The number of amides is 1. The van der Waals surface area contributed by atoms with Crippen molar-refractivity contribution in [2.75, 3.05) is 26.8 Å². The average molecular weight is 231 g/mol. The third kappa shape index (κ3) is 6.27. The highest BCUT2D eigenvalue weighted by molar-refractivity contribution is 5.71. The largest absolute Gasteiger partial charge is 0.469 e. The molecular formula is C11H21NO4. The number of carbonyl (C=O) groups excluding carboxylic acids is 2. The molecule has 0 aliphatic rings. The smallest absolute Gasteiger partial charge is 0.409 e. The Morgan fingerprint density at radius 2 is 1.94 bits per heavy atom. The van der Waals surface area contributed by atoms with Gasteiger partial charge >= 0.3 is 12.1 Å². The van der Waals surface area contributed by atoms with Crippen LogP contribution in [0.25, 0.3) is 0 Å². The first-order valence-electron chi connectivity index (χ1n) is 5.49. The lowest BCUT2D eigenvalue weighted by molar-refractivity contribution is -0.140. The van der Waals surface area contributed by atoms with E-state index in [0.29, 0.717) is 25.6 Å². The summed E-state index contributed by atoms with van der Waals surface area (Å²) in [6.45, 7) is 7.02. The van der Waals surface area contributed by atoms with Gasteiger partial charge in [-0.05, 0) is 12.8 Å². The highest BCUT2D eigenvalue weighted by atomic mass is 16.6. The molecule has 0 rings (SSSR count). The number of methoxy groups -OCH3 is 1. The summed E-state index contributed by atoms with van der Waals surface area (Å²) in [6, 6.07) is 0. The standard InChI is InChI=1S/C11H21NO4/c1-5-16-11(14)12(8-9(2)3)7-6-10(13)15-4/h9H,5-8H2,1-4H3. The molecule has 0 aromatic heterocycles. The molecular weight excluding hydrogens is 210 g/mol. The predicted molar refractivity (Wildman–Crippen MR) is 60.1 cm³/mol. The second-order valence-electron chi connectivity index (χ2n) is 3.86. The molecule has 5 heteroatoms. The van der Waals surface area contributed by atoms with E-state index in [0.717, 1.165) is 0 Å². The number of nitrogens with zero attached hydrogens (tertiary/aromatic N) is 1. The van der Waals surface area contributed by atoms with Crippen molar-refractivity contribution in [2.45, 2.75) is 27.2 Å². The third-order valence-corrected chi connectivity index (χ3v) is 1.93. The average Bonchev–Trinajstić information content (AvgIpc) is 2.23. The fourth-order valence-corrected chi connectivity index (χ4v) is 1.24. The number of esters is 1. The number of carbonyl (C=O) groups is 2. The van der Waals surface area contributed by atoms with Crippen molar-refractivity contribution in [2.24, 2.45) is 5.92 Å². The monoisotopic (exact) mass is 231 g/mol. The number of hydrogen-bond donors (Lipinski definition) is 0. The lowest BCUT2D eigenvalue weighted by Gasteiger charge is -2.23. The van der Waals surface area contributed by atoms with Gasteiger partial charge in [0.15, 0.2) is 0 Å². The lowest BCUT2D eigenvalue weighted by Crippen LogP contribution is -2.36. The lowest BCUT2D eigenvalue weighted by atomic mass is 10.2. The Morgan fingerprint density at radius 3 is 2.38 bits per heavy atom. The maximum absolute atomic E-state index is 11.5. The van der Waals surface area contributed by atoms with Crippen molar-refractivity contribution >= 4 is 12.1 Å². The fraction of sp³-hybridized carbons (Fsp3) is 0.818. The molecule has 0 atom stereocenters. The first-order valence-corrected chi connectivity index (χ1v) is 5.49. The van der Waals surface area contributed by atoms with E-state index >= 15 is 0 Å². The molecule has 0 aromatic carbocycles. The maximum atomic E-state index is 11.5. The molecule has 1 amide bonds. The summed E-state index contributed by atoms with van der Waals surface area (Å²) in [7, 11) is 1.33. The Balaban J connectivity index is 4.19. The number of ether oxygens (including phenoxy) is 2. The molecule has 0 radical (unpaired) electrons. The summed E-state index contributed by atoms with van der Waals surface area (Å²) in [5, 5.41) is 0. The van der Waals surface area contributed by atoms with Crippen LogP contribution in [0.15, 0.2) is 0 Å². The molecule has 0 N–H and O–H groups in total. The van der Waals surface area contributed by atoms with Crippen LogP contribution in [0.5, 0.6) is 0 Å². The highest BCUT2D eigenvalue weighted by Gasteiger charge is 2.17. The summed E-state index contributed by atoms with van der Waals surface area (Å²) < 4.78 is 9.43. The van der Waals surface area contributed by atoms with Crippen LogP contribution in [0, 0.1) is 5.92 Å². The quantitative estimate of drug-likeness (QED) is 0.652. The first kappa shape index (κ1) is 14.7. The molecule has 94 valence electrons. The summed E-state index contributed by atoms with van der Waals surface area (Å²) in [5.74, 6) is 0.0140. The van der Waals surface area contributed by atoms with Gasteiger partial charge in [-0.2, -0.15) is 0 Å². The second-order valence-corrected chi connectivity index (χ2v) is 3.86. The molecule has 0 fully saturated rings. The molecule has 0 spiro atoms. The van der Waals surface area contributed by atoms with Crippen LogP contribution in [0.1, 0.15) is 27.2 Å². The molecule has 0 aliphatic carbocycles. The molecule has 0 aliphatic heterocycles. The van der Waals surface area contributed by atoms with Gasteiger partial charge in [0.05, 0.1) is 20.1 Å². The zero-order valence-corrected chi connectivity index (χ0v) is 10.5. The Morgan fingerprint density at radius 1 is 1.31 bits per heavy atom. The van der Waals surface area contributed by atoms with Gasteiger partial charge in [-0.1, -0.05) is 13.8 Å². The van der Waals surface area contributed by atoms with Crippen molar-refractivity contribution in [3.8, 4) is 0 Å². The molecule has 5 nitrogen and oxygen atoms in total. The predicted octanol–water partition coefficient (Wildman–Crippen LogP) is 1.66. The summed E-state index contributed by atoms with van der Waals surface area (Å²) >= 11 is 0. The van der Waals surface area contributed by atoms with E-state index in [1.54, 1.807) is 6.92 Å².